The Labute approximate surface area is 120 Å². The zero-order valence-corrected chi connectivity index (χ0v) is 12.3. The number of carbonyl (C=O) groups is 2. The lowest BCUT2D eigenvalue weighted by Crippen LogP contribution is -2.45. The molecule has 3 N–H and O–H groups in total. The van der Waals surface area contributed by atoms with Gasteiger partial charge in [-0.05, 0) is 57.0 Å². The molecule has 0 aromatic rings. The molecule has 5 nitrogen and oxygen atoms in total. The summed E-state index contributed by atoms with van der Waals surface area (Å²) < 4.78 is 0. The number of aliphatic carboxylic acids is 1. The van der Waals surface area contributed by atoms with Gasteiger partial charge in [-0.15, -0.1) is 0 Å². The van der Waals surface area contributed by atoms with Crippen molar-refractivity contribution in [1.29, 1.82) is 0 Å². The van der Waals surface area contributed by atoms with Crippen molar-refractivity contribution in [3.05, 3.63) is 0 Å². The number of hydrogen-bond acceptors (Lipinski definition) is 3. The molecule has 5 heteroatoms. The zero-order valence-electron chi connectivity index (χ0n) is 12.3. The molecule has 1 amide bonds. The quantitative estimate of drug-likeness (QED) is 0.712. The van der Waals surface area contributed by atoms with E-state index in [-0.39, 0.29) is 12.5 Å². The smallest absolute Gasteiger partial charge is 0.311 e. The van der Waals surface area contributed by atoms with Crippen LogP contribution in [0, 0.1) is 17.3 Å². The number of carboxylic acid groups (broad SMARTS) is 1. The largest absolute Gasteiger partial charge is 0.481 e. The average molecular weight is 282 g/mol. The minimum absolute atomic E-state index is 0.00190. The second-order valence-corrected chi connectivity index (χ2v) is 6.61. The third-order valence-electron chi connectivity index (χ3n) is 4.95. The summed E-state index contributed by atoms with van der Waals surface area (Å²) in [7, 11) is 0. The van der Waals surface area contributed by atoms with Gasteiger partial charge in [-0.3, -0.25) is 9.59 Å². The second-order valence-electron chi connectivity index (χ2n) is 6.61. The fraction of sp³-hybridized carbons (Fsp3) is 0.867. The summed E-state index contributed by atoms with van der Waals surface area (Å²) in [5.74, 6) is 0.245. The van der Waals surface area contributed by atoms with Crippen LogP contribution in [0.5, 0.6) is 0 Å². The maximum absolute atomic E-state index is 11.9. The van der Waals surface area contributed by atoms with Gasteiger partial charge in [0.1, 0.15) is 0 Å². The highest BCUT2D eigenvalue weighted by molar-refractivity contribution is 5.79. The van der Waals surface area contributed by atoms with Gasteiger partial charge in [-0.2, -0.15) is 0 Å². The van der Waals surface area contributed by atoms with Gasteiger partial charge in [-0.1, -0.05) is 6.92 Å². The van der Waals surface area contributed by atoms with E-state index in [2.05, 4.69) is 17.6 Å². The molecule has 1 heterocycles. The summed E-state index contributed by atoms with van der Waals surface area (Å²) in [5, 5.41) is 15.6. The van der Waals surface area contributed by atoms with Crippen LogP contribution in [0.1, 0.15) is 45.4 Å². The van der Waals surface area contributed by atoms with E-state index in [1.165, 1.54) is 0 Å². The maximum Gasteiger partial charge on any atom is 0.311 e. The fourth-order valence-corrected chi connectivity index (χ4v) is 3.27. The lowest BCUT2D eigenvalue weighted by atomic mass is 9.71. The van der Waals surface area contributed by atoms with Crippen molar-refractivity contribution in [3.63, 3.8) is 0 Å². The van der Waals surface area contributed by atoms with Crippen molar-refractivity contribution in [2.45, 2.75) is 45.4 Å². The molecular formula is C15H26N2O3. The molecular weight excluding hydrogens is 256 g/mol. The molecule has 20 heavy (non-hydrogen) atoms. The first kappa shape index (κ1) is 15.3. The molecule has 1 saturated carbocycles. The predicted molar refractivity (Wildman–Crippen MR) is 76.3 cm³/mol. The normalized spacial score (nSPS) is 33.9. The number of carboxylic acids is 1. The van der Waals surface area contributed by atoms with E-state index in [1.54, 1.807) is 0 Å². The van der Waals surface area contributed by atoms with E-state index in [0.29, 0.717) is 31.1 Å². The molecule has 2 aliphatic rings. The van der Waals surface area contributed by atoms with E-state index in [9.17, 15) is 14.7 Å². The van der Waals surface area contributed by atoms with Crippen LogP contribution in [0.25, 0.3) is 0 Å². The first-order valence-electron chi connectivity index (χ1n) is 7.73. The van der Waals surface area contributed by atoms with Crippen molar-refractivity contribution in [2.24, 2.45) is 17.3 Å². The summed E-state index contributed by atoms with van der Waals surface area (Å²) >= 11 is 0. The molecule has 1 aliphatic heterocycles. The third kappa shape index (κ3) is 3.72. The number of rotatable bonds is 5. The van der Waals surface area contributed by atoms with Crippen LogP contribution in [0.3, 0.4) is 0 Å². The molecule has 0 aromatic heterocycles. The van der Waals surface area contributed by atoms with Crippen molar-refractivity contribution >= 4 is 11.9 Å². The van der Waals surface area contributed by atoms with Crippen LogP contribution in [-0.2, 0) is 9.59 Å². The third-order valence-corrected chi connectivity index (χ3v) is 4.95. The van der Waals surface area contributed by atoms with Gasteiger partial charge in [0, 0.05) is 13.0 Å². The van der Waals surface area contributed by atoms with Crippen LogP contribution in [0.2, 0.25) is 0 Å². The minimum atomic E-state index is -0.757. The van der Waals surface area contributed by atoms with Crippen molar-refractivity contribution in [2.75, 3.05) is 19.6 Å². The Bertz CT molecular complexity index is 356. The number of nitrogens with one attached hydrogen (secondary N) is 2. The number of carbonyl (C=O) groups excluding carboxylic acids is 1. The molecule has 1 unspecified atom stereocenters. The molecule has 1 saturated heterocycles. The Morgan fingerprint density at radius 3 is 2.55 bits per heavy atom. The maximum atomic E-state index is 11.9. The Hall–Kier alpha value is -1.10. The summed E-state index contributed by atoms with van der Waals surface area (Å²) in [6, 6.07) is 0. The van der Waals surface area contributed by atoms with Crippen molar-refractivity contribution < 1.29 is 14.7 Å². The van der Waals surface area contributed by atoms with Crippen molar-refractivity contribution in [1.82, 2.24) is 10.6 Å². The SMILES string of the molecule is CC1CCC(CNC(=O)CC2CCNC2)(C(=O)O)CC1. The van der Waals surface area contributed by atoms with Gasteiger partial charge in [0.25, 0.3) is 0 Å². The molecule has 0 spiro atoms. The highest BCUT2D eigenvalue weighted by Gasteiger charge is 2.41. The highest BCUT2D eigenvalue weighted by Crippen LogP contribution is 2.38. The summed E-state index contributed by atoms with van der Waals surface area (Å²) in [6.07, 6.45) is 4.78. The first-order valence-corrected chi connectivity index (χ1v) is 7.73. The van der Waals surface area contributed by atoms with E-state index in [0.717, 1.165) is 32.4 Å². The van der Waals surface area contributed by atoms with Crippen LogP contribution >= 0.6 is 0 Å². The van der Waals surface area contributed by atoms with E-state index in [4.69, 9.17) is 0 Å². The van der Waals surface area contributed by atoms with E-state index >= 15 is 0 Å². The standard InChI is InChI=1S/C15H26N2O3/c1-11-2-5-15(6-3-11,14(19)20)10-17-13(18)8-12-4-7-16-9-12/h11-12,16H,2-10H2,1H3,(H,17,18)(H,19,20). The summed E-state index contributed by atoms with van der Waals surface area (Å²) in [5.41, 5.74) is -0.740. The molecule has 2 fully saturated rings. The minimum Gasteiger partial charge on any atom is -0.481 e. The van der Waals surface area contributed by atoms with Gasteiger partial charge < -0.3 is 15.7 Å². The fourth-order valence-electron chi connectivity index (χ4n) is 3.27. The Balaban J connectivity index is 1.82. The Morgan fingerprint density at radius 2 is 2.00 bits per heavy atom. The Kier molecular flexibility index (Phi) is 5.02. The molecule has 0 aromatic carbocycles. The summed E-state index contributed by atoms with van der Waals surface area (Å²) in [4.78, 5) is 23.5. The predicted octanol–water partition coefficient (Wildman–Crippen LogP) is 1.38. The van der Waals surface area contributed by atoms with Crippen LogP contribution < -0.4 is 10.6 Å². The average Bonchev–Trinajstić information content (AvgIpc) is 2.91. The van der Waals surface area contributed by atoms with Gasteiger partial charge in [0.2, 0.25) is 5.91 Å². The Morgan fingerprint density at radius 1 is 1.30 bits per heavy atom. The first-order chi connectivity index (χ1) is 9.52. The monoisotopic (exact) mass is 282 g/mol. The van der Waals surface area contributed by atoms with Gasteiger partial charge in [0.05, 0.1) is 5.41 Å². The van der Waals surface area contributed by atoms with E-state index < -0.39 is 11.4 Å². The number of hydrogen-bond donors (Lipinski definition) is 3. The van der Waals surface area contributed by atoms with Crippen LogP contribution in [-0.4, -0.2) is 36.6 Å². The molecule has 0 bridgehead atoms. The highest BCUT2D eigenvalue weighted by atomic mass is 16.4. The lowest BCUT2D eigenvalue weighted by molar-refractivity contribution is -0.151. The van der Waals surface area contributed by atoms with Gasteiger partial charge in [-0.25, -0.2) is 0 Å². The lowest BCUT2D eigenvalue weighted by Gasteiger charge is -2.35. The molecule has 114 valence electrons. The van der Waals surface area contributed by atoms with Gasteiger partial charge >= 0.3 is 5.97 Å². The molecule has 2 rings (SSSR count). The van der Waals surface area contributed by atoms with Gasteiger partial charge in [0.15, 0.2) is 0 Å². The molecule has 1 aliphatic carbocycles. The van der Waals surface area contributed by atoms with Crippen LogP contribution in [0.4, 0.5) is 0 Å². The topological polar surface area (TPSA) is 78.4 Å². The summed E-state index contributed by atoms with van der Waals surface area (Å²) in [6.45, 7) is 4.33. The number of amides is 1. The van der Waals surface area contributed by atoms with Crippen LogP contribution in [0.15, 0.2) is 0 Å². The molecule has 1 atom stereocenters. The second kappa shape index (κ2) is 6.57. The van der Waals surface area contributed by atoms with Crippen molar-refractivity contribution in [3.8, 4) is 0 Å². The zero-order chi connectivity index (χ0) is 14.6. The van der Waals surface area contributed by atoms with E-state index in [1.807, 2.05) is 0 Å². The molecule has 0 radical (unpaired) electrons.